The molecule has 2 aromatic carbocycles. The molecule has 30 heavy (non-hydrogen) atoms. The summed E-state index contributed by atoms with van der Waals surface area (Å²) in [6.07, 6.45) is 6.38. The third kappa shape index (κ3) is 3.86. The number of nitrogens with zero attached hydrogens (tertiary/aromatic N) is 2. The first kappa shape index (κ1) is 19.9. The predicted octanol–water partition coefficient (Wildman–Crippen LogP) is 4.87. The Morgan fingerprint density at radius 3 is 2.63 bits per heavy atom. The second-order valence-electron chi connectivity index (χ2n) is 7.91. The van der Waals surface area contributed by atoms with Gasteiger partial charge in [-0.15, -0.1) is 0 Å². The highest BCUT2D eigenvalue weighted by Crippen LogP contribution is 2.32. The van der Waals surface area contributed by atoms with Crippen molar-refractivity contribution in [2.45, 2.75) is 51.0 Å². The zero-order valence-corrected chi connectivity index (χ0v) is 16.8. The van der Waals surface area contributed by atoms with Gasteiger partial charge in [-0.2, -0.15) is 5.26 Å². The number of fused-ring (bicyclic) bond motifs is 2. The molecule has 0 fully saturated rings. The Balaban J connectivity index is 1.66. The van der Waals surface area contributed by atoms with Crippen molar-refractivity contribution in [2.24, 2.45) is 0 Å². The first-order valence-corrected chi connectivity index (χ1v) is 10.4. The second-order valence-corrected chi connectivity index (χ2v) is 7.91. The molecule has 1 atom stereocenters. The Morgan fingerprint density at radius 1 is 1.10 bits per heavy atom. The van der Waals surface area contributed by atoms with Crippen LogP contribution < -0.4 is 0 Å². The van der Waals surface area contributed by atoms with E-state index >= 15 is 0 Å². The standard InChI is InChI=1S/C25H24N2O3/c26-12-5-13-27-16-22(20-8-3-4-9-23(20)27)21(25(29)30)15-24(28)19-11-10-17-6-1-2-7-18(17)14-19/h3-4,8-11,14,16,21H,1-2,5-7,13,15H2,(H,29,30). The highest BCUT2D eigenvalue weighted by atomic mass is 16.4. The van der Waals surface area contributed by atoms with Gasteiger partial charge in [0.25, 0.3) is 0 Å². The summed E-state index contributed by atoms with van der Waals surface area (Å²) in [6.45, 7) is 0.488. The molecule has 0 saturated carbocycles. The number of Topliss-reactive ketones (excluding diaryl/α,β-unsaturated/α-hetero) is 1. The zero-order chi connectivity index (χ0) is 21.1. The molecule has 1 heterocycles. The summed E-state index contributed by atoms with van der Waals surface area (Å²) in [5.41, 5.74) is 4.62. The fraction of sp³-hybridized carbons (Fsp3) is 0.320. The molecule has 1 aliphatic rings. The SMILES string of the molecule is N#CCCn1cc(C(CC(=O)c2ccc3c(c2)CCCC3)C(=O)O)c2ccccc21. The lowest BCUT2D eigenvalue weighted by Crippen LogP contribution is -2.17. The summed E-state index contributed by atoms with van der Waals surface area (Å²) >= 11 is 0. The molecule has 1 aromatic heterocycles. The molecule has 4 rings (SSSR count). The van der Waals surface area contributed by atoms with E-state index in [1.807, 2.05) is 47.0 Å². The van der Waals surface area contributed by atoms with E-state index < -0.39 is 11.9 Å². The molecule has 0 amide bonds. The number of carboxylic acids is 1. The van der Waals surface area contributed by atoms with E-state index in [0.717, 1.165) is 30.2 Å². The number of carbonyl (C=O) groups excluding carboxylic acids is 1. The van der Waals surface area contributed by atoms with Crippen molar-refractivity contribution < 1.29 is 14.7 Å². The number of aromatic nitrogens is 1. The summed E-state index contributed by atoms with van der Waals surface area (Å²) in [5, 5.41) is 19.7. The van der Waals surface area contributed by atoms with Gasteiger partial charge in [0.05, 0.1) is 18.4 Å². The number of rotatable bonds is 7. The van der Waals surface area contributed by atoms with Crippen molar-refractivity contribution in [1.82, 2.24) is 4.57 Å². The average Bonchev–Trinajstić information content (AvgIpc) is 3.13. The fourth-order valence-electron chi connectivity index (χ4n) is 4.45. The highest BCUT2D eigenvalue weighted by molar-refractivity contribution is 6.00. The van der Waals surface area contributed by atoms with Gasteiger partial charge in [0.1, 0.15) is 0 Å². The third-order valence-corrected chi connectivity index (χ3v) is 6.02. The van der Waals surface area contributed by atoms with E-state index in [0.29, 0.717) is 24.1 Å². The quantitative estimate of drug-likeness (QED) is 0.573. The van der Waals surface area contributed by atoms with Crippen molar-refractivity contribution >= 4 is 22.7 Å². The Bertz CT molecular complexity index is 1150. The molecule has 5 nitrogen and oxygen atoms in total. The number of aliphatic carboxylic acids is 1. The molecule has 0 spiro atoms. The van der Waals surface area contributed by atoms with Crippen molar-refractivity contribution in [3.8, 4) is 6.07 Å². The van der Waals surface area contributed by atoms with Gasteiger partial charge in [0.15, 0.2) is 5.78 Å². The average molecular weight is 400 g/mol. The maximum atomic E-state index is 13.0. The molecule has 0 radical (unpaired) electrons. The molecule has 5 heteroatoms. The third-order valence-electron chi connectivity index (χ3n) is 6.02. The first-order chi connectivity index (χ1) is 14.6. The lowest BCUT2D eigenvalue weighted by Gasteiger charge is -2.17. The number of benzene rings is 2. The van der Waals surface area contributed by atoms with Crippen LogP contribution in [0.25, 0.3) is 10.9 Å². The number of nitriles is 1. The minimum absolute atomic E-state index is 0.0830. The maximum Gasteiger partial charge on any atom is 0.311 e. The van der Waals surface area contributed by atoms with Gasteiger partial charge < -0.3 is 9.67 Å². The predicted molar refractivity (Wildman–Crippen MR) is 115 cm³/mol. The van der Waals surface area contributed by atoms with Crippen LogP contribution in [0, 0.1) is 11.3 Å². The summed E-state index contributed by atoms with van der Waals surface area (Å²) in [7, 11) is 0. The number of carbonyl (C=O) groups is 2. The number of aryl methyl sites for hydroxylation is 3. The Morgan fingerprint density at radius 2 is 1.87 bits per heavy atom. The van der Waals surface area contributed by atoms with Crippen LogP contribution in [0.1, 0.15) is 58.6 Å². The lowest BCUT2D eigenvalue weighted by atomic mass is 9.87. The zero-order valence-electron chi connectivity index (χ0n) is 16.8. The number of para-hydroxylation sites is 1. The Labute approximate surface area is 175 Å². The minimum atomic E-state index is -1.01. The fourth-order valence-corrected chi connectivity index (χ4v) is 4.45. The first-order valence-electron chi connectivity index (χ1n) is 10.4. The largest absolute Gasteiger partial charge is 0.481 e. The smallest absolute Gasteiger partial charge is 0.311 e. The minimum Gasteiger partial charge on any atom is -0.481 e. The maximum absolute atomic E-state index is 13.0. The van der Waals surface area contributed by atoms with Crippen LogP contribution in [0.2, 0.25) is 0 Å². The normalized spacial score (nSPS) is 14.1. The molecular weight excluding hydrogens is 376 g/mol. The van der Waals surface area contributed by atoms with Crippen LogP contribution in [0.5, 0.6) is 0 Å². The van der Waals surface area contributed by atoms with Crippen LogP contribution in [0.4, 0.5) is 0 Å². The summed E-state index contributed by atoms with van der Waals surface area (Å²) in [4.78, 5) is 25.2. The van der Waals surface area contributed by atoms with Crippen molar-refractivity contribution in [3.05, 3.63) is 70.9 Å². The Hall–Kier alpha value is -3.39. The van der Waals surface area contributed by atoms with E-state index in [4.69, 9.17) is 5.26 Å². The molecule has 3 aromatic rings. The monoisotopic (exact) mass is 400 g/mol. The summed E-state index contributed by atoms with van der Waals surface area (Å²) in [6, 6.07) is 15.5. The van der Waals surface area contributed by atoms with Crippen LogP contribution in [0.15, 0.2) is 48.7 Å². The molecular formula is C25H24N2O3. The molecule has 1 aliphatic carbocycles. The van der Waals surface area contributed by atoms with Gasteiger partial charge in [-0.1, -0.05) is 30.3 Å². The van der Waals surface area contributed by atoms with Crippen LogP contribution in [0.3, 0.4) is 0 Å². The number of carboxylic acid groups (broad SMARTS) is 1. The second kappa shape index (κ2) is 8.54. The van der Waals surface area contributed by atoms with E-state index in [9.17, 15) is 14.7 Å². The van der Waals surface area contributed by atoms with E-state index in [1.54, 1.807) is 6.20 Å². The van der Waals surface area contributed by atoms with Crippen LogP contribution in [-0.2, 0) is 24.2 Å². The molecule has 152 valence electrons. The van der Waals surface area contributed by atoms with Gasteiger partial charge in [-0.3, -0.25) is 9.59 Å². The lowest BCUT2D eigenvalue weighted by molar-refractivity contribution is -0.138. The van der Waals surface area contributed by atoms with Gasteiger partial charge in [0, 0.05) is 35.6 Å². The van der Waals surface area contributed by atoms with Gasteiger partial charge in [-0.05, 0) is 54.5 Å². The molecule has 1 N–H and O–H groups in total. The summed E-state index contributed by atoms with van der Waals surface area (Å²) in [5.74, 6) is -2.09. The molecule has 0 aliphatic heterocycles. The van der Waals surface area contributed by atoms with Crippen molar-refractivity contribution in [1.29, 1.82) is 5.26 Å². The van der Waals surface area contributed by atoms with E-state index in [2.05, 4.69) is 6.07 Å². The highest BCUT2D eigenvalue weighted by Gasteiger charge is 2.27. The van der Waals surface area contributed by atoms with Crippen LogP contribution >= 0.6 is 0 Å². The summed E-state index contributed by atoms with van der Waals surface area (Å²) < 4.78 is 1.91. The van der Waals surface area contributed by atoms with Gasteiger partial charge in [0.2, 0.25) is 0 Å². The van der Waals surface area contributed by atoms with Crippen molar-refractivity contribution in [3.63, 3.8) is 0 Å². The van der Waals surface area contributed by atoms with Crippen LogP contribution in [-0.4, -0.2) is 21.4 Å². The molecule has 1 unspecified atom stereocenters. The number of hydrogen-bond acceptors (Lipinski definition) is 3. The van der Waals surface area contributed by atoms with Gasteiger partial charge >= 0.3 is 5.97 Å². The van der Waals surface area contributed by atoms with E-state index in [1.165, 1.54) is 17.5 Å². The Kier molecular flexibility index (Phi) is 5.67. The van der Waals surface area contributed by atoms with Gasteiger partial charge in [-0.25, -0.2) is 0 Å². The number of hydrogen-bond donors (Lipinski definition) is 1. The topological polar surface area (TPSA) is 83.1 Å². The van der Waals surface area contributed by atoms with Crippen molar-refractivity contribution in [2.75, 3.05) is 0 Å². The number of ketones is 1. The van der Waals surface area contributed by atoms with E-state index in [-0.39, 0.29) is 12.2 Å². The molecule has 0 saturated heterocycles. The molecule has 0 bridgehead atoms.